The zero-order chi connectivity index (χ0) is 24.7. The number of methoxy groups -OCH3 is 1. The predicted molar refractivity (Wildman–Crippen MR) is 140 cm³/mol. The molecule has 192 valence electrons. The first kappa shape index (κ1) is 26.3. The van der Waals surface area contributed by atoms with E-state index in [-0.39, 0.29) is 10.7 Å². The summed E-state index contributed by atoms with van der Waals surface area (Å²) in [4.78, 5) is 13.5. The van der Waals surface area contributed by atoms with E-state index in [1.807, 2.05) is 6.07 Å². The summed E-state index contributed by atoms with van der Waals surface area (Å²) in [7, 11) is 1.73. The Kier molecular flexibility index (Phi) is 9.38. The van der Waals surface area contributed by atoms with E-state index in [0.29, 0.717) is 53.9 Å². The molecule has 1 saturated heterocycles. The lowest BCUT2D eigenvalue weighted by molar-refractivity contribution is 0.0574. The van der Waals surface area contributed by atoms with Gasteiger partial charge in [-0.05, 0) is 44.6 Å². The molecule has 0 aromatic carbocycles. The smallest absolute Gasteiger partial charge is 0.155 e. The summed E-state index contributed by atoms with van der Waals surface area (Å²) < 4.78 is 10.6. The minimum atomic E-state index is -0.330. The van der Waals surface area contributed by atoms with Crippen molar-refractivity contribution >= 4 is 34.8 Å². The number of rotatable bonds is 10. The molecule has 2 aromatic rings. The molecule has 2 fully saturated rings. The quantitative estimate of drug-likeness (QED) is 0.345. The number of pyridine rings is 1. The average Bonchev–Trinajstić information content (AvgIpc) is 2.86. The van der Waals surface area contributed by atoms with Crippen molar-refractivity contribution in [1.82, 2.24) is 20.3 Å². The Balaban J connectivity index is 1.40. The molecule has 0 radical (unpaired) electrons. The second kappa shape index (κ2) is 12.5. The molecule has 2 aliphatic rings. The molecule has 3 heterocycles. The third-order valence-corrected chi connectivity index (χ3v) is 7.34. The molecular weight excluding hydrogens is 489 g/mol. The summed E-state index contributed by atoms with van der Waals surface area (Å²) in [6, 6.07) is 2.79. The number of nitrogens with zero attached hydrogens (tertiary/aromatic N) is 3. The van der Waals surface area contributed by atoms with Gasteiger partial charge >= 0.3 is 0 Å². The summed E-state index contributed by atoms with van der Waals surface area (Å²) in [5, 5.41) is 11.2. The largest absolute Gasteiger partial charge is 0.383 e. The summed E-state index contributed by atoms with van der Waals surface area (Å²) in [6.45, 7) is 3.54. The molecule has 0 spiro atoms. The maximum Gasteiger partial charge on any atom is 0.155 e. The first-order valence-electron chi connectivity index (χ1n) is 12.2. The highest BCUT2D eigenvalue weighted by Crippen LogP contribution is 2.33. The minimum Gasteiger partial charge on any atom is -0.383 e. The van der Waals surface area contributed by atoms with Crippen LogP contribution in [0.3, 0.4) is 0 Å². The summed E-state index contributed by atoms with van der Waals surface area (Å²) in [5.41, 5.74) is 7.36. The zero-order valence-electron chi connectivity index (χ0n) is 20.2. The number of anilines is 2. The van der Waals surface area contributed by atoms with E-state index in [1.165, 1.54) is 0 Å². The number of ether oxygens (including phenoxy) is 2. The minimum absolute atomic E-state index is 0.283. The molecule has 35 heavy (non-hydrogen) atoms. The SMILES string of the molecule is COCCN[C@H]1CC[C@H](Nc2cc(-c3nc(NCC4(N)CCOCC4)cnc3Cl)c(Cl)cn2)CC1. The molecule has 2 aromatic heterocycles. The van der Waals surface area contributed by atoms with Crippen molar-refractivity contribution in [3.05, 3.63) is 28.6 Å². The lowest BCUT2D eigenvalue weighted by Gasteiger charge is -2.33. The molecule has 0 amide bonds. The molecule has 1 aliphatic carbocycles. The van der Waals surface area contributed by atoms with Crippen LogP contribution in [-0.2, 0) is 9.47 Å². The summed E-state index contributed by atoms with van der Waals surface area (Å²) >= 11 is 12.9. The number of nitrogens with one attached hydrogen (secondary N) is 3. The molecule has 0 bridgehead atoms. The van der Waals surface area contributed by atoms with Gasteiger partial charge in [0.2, 0.25) is 0 Å². The standard InChI is InChI=1S/C24H35Cl2N7O2/c1-34-11-8-28-16-2-4-17(5-3-16)32-20-12-18(19(25)13-29-20)22-23(26)30-14-21(33-22)31-15-24(27)6-9-35-10-7-24/h12-14,16-17,28H,2-11,15,27H2,1H3,(H,29,32)(H,31,33)/t16-,17-. The van der Waals surface area contributed by atoms with Gasteiger partial charge in [-0.2, -0.15) is 0 Å². The van der Waals surface area contributed by atoms with E-state index in [2.05, 4.69) is 25.9 Å². The molecule has 9 nitrogen and oxygen atoms in total. The number of aromatic nitrogens is 3. The molecule has 4 rings (SSSR count). The van der Waals surface area contributed by atoms with Crippen LogP contribution in [0.1, 0.15) is 38.5 Å². The topological polar surface area (TPSA) is 119 Å². The Labute approximate surface area is 216 Å². The highest BCUT2D eigenvalue weighted by Gasteiger charge is 2.28. The number of halogens is 2. The van der Waals surface area contributed by atoms with E-state index in [9.17, 15) is 0 Å². The highest BCUT2D eigenvalue weighted by molar-refractivity contribution is 6.35. The van der Waals surface area contributed by atoms with Gasteiger partial charge in [-0.3, -0.25) is 0 Å². The van der Waals surface area contributed by atoms with Gasteiger partial charge in [0.15, 0.2) is 5.15 Å². The summed E-state index contributed by atoms with van der Waals surface area (Å²) in [5.74, 6) is 1.35. The van der Waals surface area contributed by atoms with Gasteiger partial charge in [-0.1, -0.05) is 23.2 Å². The van der Waals surface area contributed by atoms with Crippen LogP contribution >= 0.6 is 23.2 Å². The van der Waals surface area contributed by atoms with Crippen molar-refractivity contribution in [2.24, 2.45) is 5.73 Å². The third-order valence-electron chi connectivity index (χ3n) is 6.77. The Hall–Kier alpha value is -1.75. The lowest BCUT2D eigenvalue weighted by atomic mass is 9.91. The first-order chi connectivity index (χ1) is 17.0. The van der Waals surface area contributed by atoms with Gasteiger partial charge in [-0.25, -0.2) is 15.0 Å². The van der Waals surface area contributed by atoms with Crippen LogP contribution in [0.5, 0.6) is 0 Å². The lowest BCUT2D eigenvalue weighted by Crippen LogP contribution is -2.50. The fraction of sp³-hybridized carbons (Fsp3) is 0.625. The van der Waals surface area contributed by atoms with Crippen molar-refractivity contribution in [2.75, 3.05) is 50.7 Å². The van der Waals surface area contributed by atoms with Crippen LogP contribution in [0.25, 0.3) is 11.3 Å². The Morgan fingerprint density at radius 1 is 1.09 bits per heavy atom. The normalized spacial score (nSPS) is 22.1. The van der Waals surface area contributed by atoms with E-state index in [4.69, 9.17) is 43.4 Å². The first-order valence-corrected chi connectivity index (χ1v) is 13.0. The predicted octanol–water partition coefficient (Wildman–Crippen LogP) is 3.72. The van der Waals surface area contributed by atoms with Crippen LogP contribution in [0, 0.1) is 0 Å². The second-order valence-electron chi connectivity index (χ2n) is 9.41. The van der Waals surface area contributed by atoms with E-state index >= 15 is 0 Å². The van der Waals surface area contributed by atoms with Gasteiger partial charge in [0.05, 0.1) is 17.8 Å². The Morgan fingerprint density at radius 2 is 1.83 bits per heavy atom. The average molecular weight is 524 g/mol. The summed E-state index contributed by atoms with van der Waals surface area (Å²) in [6.07, 6.45) is 9.19. The van der Waals surface area contributed by atoms with Gasteiger partial charge in [-0.15, -0.1) is 0 Å². The van der Waals surface area contributed by atoms with E-state index < -0.39 is 0 Å². The Morgan fingerprint density at radius 3 is 2.57 bits per heavy atom. The van der Waals surface area contributed by atoms with Crippen LogP contribution < -0.4 is 21.7 Å². The van der Waals surface area contributed by atoms with Gasteiger partial charge in [0.25, 0.3) is 0 Å². The number of hydrogen-bond acceptors (Lipinski definition) is 9. The molecular formula is C24H35Cl2N7O2. The van der Waals surface area contributed by atoms with Crippen molar-refractivity contribution in [3.63, 3.8) is 0 Å². The monoisotopic (exact) mass is 523 g/mol. The highest BCUT2D eigenvalue weighted by atomic mass is 35.5. The van der Waals surface area contributed by atoms with Crippen LogP contribution in [0.2, 0.25) is 10.2 Å². The van der Waals surface area contributed by atoms with Gasteiger partial charge in [0, 0.05) is 62.8 Å². The van der Waals surface area contributed by atoms with Gasteiger partial charge in [0.1, 0.15) is 17.3 Å². The van der Waals surface area contributed by atoms with Gasteiger partial charge < -0.3 is 31.2 Å². The maximum absolute atomic E-state index is 6.51. The zero-order valence-corrected chi connectivity index (χ0v) is 21.7. The van der Waals surface area contributed by atoms with Crippen molar-refractivity contribution in [2.45, 2.75) is 56.1 Å². The molecule has 0 unspecified atom stereocenters. The van der Waals surface area contributed by atoms with Crippen molar-refractivity contribution < 1.29 is 9.47 Å². The fourth-order valence-electron chi connectivity index (χ4n) is 4.57. The third kappa shape index (κ3) is 7.38. The molecule has 1 saturated carbocycles. The molecule has 1 aliphatic heterocycles. The Bertz CT molecular complexity index is 967. The molecule has 0 atom stereocenters. The van der Waals surface area contributed by atoms with E-state index in [0.717, 1.165) is 57.5 Å². The van der Waals surface area contributed by atoms with Crippen molar-refractivity contribution in [3.8, 4) is 11.3 Å². The number of nitrogens with two attached hydrogens (primary N) is 1. The van der Waals surface area contributed by atoms with Crippen molar-refractivity contribution in [1.29, 1.82) is 0 Å². The number of hydrogen-bond donors (Lipinski definition) is 4. The molecule has 11 heteroatoms. The van der Waals surface area contributed by atoms with Crippen LogP contribution in [-0.4, -0.2) is 72.6 Å². The van der Waals surface area contributed by atoms with Crippen LogP contribution in [0.15, 0.2) is 18.5 Å². The second-order valence-corrected chi connectivity index (χ2v) is 10.2. The van der Waals surface area contributed by atoms with Crippen LogP contribution in [0.4, 0.5) is 11.6 Å². The maximum atomic E-state index is 6.51. The van der Waals surface area contributed by atoms with E-state index in [1.54, 1.807) is 19.5 Å². The fourth-order valence-corrected chi connectivity index (χ4v) is 4.95. The molecule has 5 N–H and O–H groups in total.